The van der Waals surface area contributed by atoms with Gasteiger partial charge in [-0.3, -0.25) is 9.55 Å². The van der Waals surface area contributed by atoms with E-state index in [4.69, 9.17) is 19.9 Å². The number of benzene rings is 8. The van der Waals surface area contributed by atoms with Gasteiger partial charge >= 0.3 is 0 Å². The highest BCUT2D eigenvalue weighted by atomic mass is 15.1. The third kappa shape index (κ3) is 6.14. The van der Waals surface area contributed by atoms with Gasteiger partial charge in [0.05, 0.1) is 11.0 Å². The van der Waals surface area contributed by atoms with E-state index in [1.807, 2.05) is 48.7 Å². The summed E-state index contributed by atoms with van der Waals surface area (Å²) in [7, 11) is 0. The zero-order valence-corrected chi connectivity index (χ0v) is 35.3. The monoisotopic (exact) mass is 820 g/mol. The maximum Gasteiger partial charge on any atom is 0.164 e. The molecule has 3 heterocycles. The van der Waals surface area contributed by atoms with Crippen LogP contribution in [0.25, 0.3) is 107 Å². The molecule has 0 N–H and O–H groups in total. The molecule has 11 aromatic rings. The molecule has 0 radical (unpaired) electrons. The van der Waals surface area contributed by atoms with Crippen LogP contribution in [0.3, 0.4) is 0 Å². The summed E-state index contributed by atoms with van der Waals surface area (Å²) in [5.41, 5.74) is 16.2. The van der Waals surface area contributed by atoms with Crippen LogP contribution in [0.4, 0.5) is 0 Å². The van der Waals surface area contributed by atoms with Gasteiger partial charge in [-0.05, 0) is 91.7 Å². The molecule has 0 aliphatic heterocycles. The summed E-state index contributed by atoms with van der Waals surface area (Å²) in [6, 6.07) is 70.2. The van der Waals surface area contributed by atoms with Crippen molar-refractivity contribution in [3.63, 3.8) is 0 Å². The molecule has 0 atom stereocenters. The zero-order chi connectivity index (χ0) is 42.8. The second kappa shape index (κ2) is 14.9. The Labute approximate surface area is 371 Å². The van der Waals surface area contributed by atoms with Crippen LogP contribution in [0.5, 0.6) is 0 Å². The van der Waals surface area contributed by atoms with Crippen molar-refractivity contribution in [2.24, 2.45) is 0 Å². The first-order valence-electron chi connectivity index (χ1n) is 21.7. The Morgan fingerprint density at radius 2 is 0.953 bits per heavy atom. The van der Waals surface area contributed by atoms with Crippen LogP contribution in [-0.2, 0) is 5.41 Å². The Hall–Kier alpha value is -8.35. The molecule has 8 aromatic carbocycles. The lowest BCUT2D eigenvalue weighted by Gasteiger charge is -2.21. The van der Waals surface area contributed by atoms with Crippen molar-refractivity contribution >= 4 is 21.8 Å². The van der Waals surface area contributed by atoms with Crippen LogP contribution in [0.2, 0.25) is 0 Å². The van der Waals surface area contributed by atoms with E-state index in [1.165, 1.54) is 38.6 Å². The van der Waals surface area contributed by atoms with Gasteiger partial charge in [0, 0.05) is 34.0 Å². The predicted octanol–water partition coefficient (Wildman–Crippen LogP) is 14.1. The van der Waals surface area contributed by atoms with Crippen LogP contribution >= 0.6 is 0 Å². The van der Waals surface area contributed by atoms with E-state index in [0.717, 1.165) is 61.6 Å². The lowest BCUT2D eigenvalue weighted by molar-refractivity contribution is 0.660. The minimum absolute atomic E-state index is 0.134. The van der Waals surface area contributed by atoms with Gasteiger partial charge < -0.3 is 0 Å². The summed E-state index contributed by atoms with van der Waals surface area (Å²) in [6.45, 7) is 4.60. The van der Waals surface area contributed by atoms with Crippen molar-refractivity contribution < 1.29 is 0 Å². The quantitative estimate of drug-likeness (QED) is 0.160. The van der Waals surface area contributed by atoms with E-state index >= 15 is 0 Å². The van der Waals surface area contributed by atoms with Crippen molar-refractivity contribution in [2.75, 3.05) is 0 Å². The molecule has 64 heavy (non-hydrogen) atoms. The second-order valence-corrected chi connectivity index (χ2v) is 16.9. The van der Waals surface area contributed by atoms with Gasteiger partial charge in [-0.1, -0.05) is 178 Å². The van der Waals surface area contributed by atoms with Crippen molar-refractivity contribution in [3.8, 4) is 84.7 Å². The van der Waals surface area contributed by atoms with E-state index in [0.29, 0.717) is 17.5 Å². The van der Waals surface area contributed by atoms with E-state index in [2.05, 4.69) is 181 Å². The SMILES string of the molecule is CC1(C)c2ccccc2-c2c(-c3nc(-c4ccccc4)nc(-c4ccc(-c5ccc(-c6ccc(-n7c(-c8ccccn8)nc8ccccc87)cc6)c6ccccc56)cc4)n3)cccc21. The summed E-state index contributed by atoms with van der Waals surface area (Å²) in [4.78, 5) is 25.1. The summed E-state index contributed by atoms with van der Waals surface area (Å²) in [6.07, 6.45) is 1.81. The molecule has 0 saturated carbocycles. The summed E-state index contributed by atoms with van der Waals surface area (Å²) < 4.78 is 2.19. The molecule has 0 unspecified atom stereocenters. The number of aromatic nitrogens is 6. The number of nitrogens with zero attached hydrogens (tertiary/aromatic N) is 6. The van der Waals surface area contributed by atoms with Gasteiger partial charge in [-0.2, -0.15) is 0 Å². The average molecular weight is 821 g/mol. The molecule has 6 nitrogen and oxygen atoms in total. The molecular weight excluding hydrogens is 781 g/mol. The molecule has 1 aliphatic rings. The molecule has 0 saturated heterocycles. The Balaban J connectivity index is 0.911. The fourth-order valence-electron chi connectivity index (χ4n) is 9.63. The van der Waals surface area contributed by atoms with Crippen LogP contribution < -0.4 is 0 Å². The largest absolute Gasteiger partial charge is 0.291 e. The third-order valence-corrected chi connectivity index (χ3v) is 12.8. The zero-order valence-electron chi connectivity index (χ0n) is 35.3. The van der Waals surface area contributed by atoms with E-state index in [1.54, 1.807) is 0 Å². The minimum atomic E-state index is -0.134. The molecule has 1 aliphatic carbocycles. The minimum Gasteiger partial charge on any atom is -0.291 e. The lowest BCUT2D eigenvalue weighted by Crippen LogP contribution is -2.14. The predicted molar refractivity (Wildman–Crippen MR) is 260 cm³/mol. The normalized spacial score (nSPS) is 12.7. The van der Waals surface area contributed by atoms with Gasteiger partial charge in [0.2, 0.25) is 0 Å². The highest BCUT2D eigenvalue weighted by molar-refractivity contribution is 6.05. The number of rotatable bonds is 7. The molecule has 0 amide bonds. The Morgan fingerprint density at radius 3 is 1.67 bits per heavy atom. The molecule has 0 fully saturated rings. The lowest BCUT2D eigenvalue weighted by atomic mass is 9.82. The van der Waals surface area contributed by atoms with Crippen LogP contribution in [0.1, 0.15) is 25.0 Å². The fraction of sp³-hybridized carbons (Fsp3) is 0.0517. The summed E-state index contributed by atoms with van der Waals surface area (Å²) in [5, 5.41) is 2.37. The molecule has 0 bridgehead atoms. The van der Waals surface area contributed by atoms with Gasteiger partial charge in [-0.15, -0.1) is 0 Å². The number of imidazole rings is 1. The van der Waals surface area contributed by atoms with Gasteiger partial charge in [0.25, 0.3) is 0 Å². The van der Waals surface area contributed by atoms with Gasteiger partial charge in [0.1, 0.15) is 5.69 Å². The van der Waals surface area contributed by atoms with E-state index in [-0.39, 0.29) is 5.41 Å². The molecule has 302 valence electrons. The van der Waals surface area contributed by atoms with Crippen molar-refractivity contribution in [2.45, 2.75) is 19.3 Å². The van der Waals surface area contributed by atoms with E-state index < -0.39 is 0 Å². The first-order chi connectivity index (χ1) is 31.5. The first kappa shape index (κ1) is 37.4. The van der Waals surface area contributed by atoms with Crippen LogP contribution in [-0.4, -0.2) is 29.5 Å². The first-order valence-corrected chi connectivity index (χ1v) is 21.7. The highest BCUT2D eigenvalue weighted by Crippen LogP contribution is 2.51. The molecule has 3 aromatic heterocycles. The number of para-hydroxylation sites is 2. The van der Waals surface area contributed by atoms with Crippen LogP contribution in [0.15, 0.2) is 206 Å². The highest BCUT2D eigenvalue weighted by Gasteiger charge is 2.37. The maximum atomic E-state index is 5.22. The Bertz CT molecular complexity index is 3560. The second-order valence-electron chi connectivity index (χ2n) is 16.9. The van der Waals surface area contributed by atoms with Crippen molar-refractivity contribution in [3.05, 3.63) is 218 Å². The summed E-state index contributed by atoms with van der Waals surface area (Å²) in [5.74, 6) is 2.77. The maximum absolute atomic E-state index is 5.22. The fourth-order valence-corrected chi connectivity index (χ4v) is 9.63. The molecular formula is C58H40N6. The standard InChI is InChI=1S/C58H40N6/c1-58(2)48-21-9-8-19-46(48)53-47(20-14-22-49(53)58)56-62-54(39-15-4-3-5-16-39)61-55(63-56)40-28-26-37(27-29-40)42-34-35-43(45-18-7-6-17-44(42)45)38-30-32-41(33-31-38)64-52-25-11-10-23-50(52)60-57(64)51-24-12-13-36-59-51/h3-36H,1-2H3. The topological polar surface area (TPSA) is 69.4 Å². The van der Waals surface area contributed by atoms with Crippen LogP contribution in [0, 0.1) is 0 Å². The van der Waals surface area contributed by atoms with Crippen molar-refractivity contribution in [1.29, 1.82) is 0 Å². The average Bonchev–Trinajstić information content (AvgIpc) is 3.87. The third-order valence-electron chi connectivity index (χ3n) is 12.8. The van der Waals surface area contributed by atoms with Gasteiger partial charge in [-0.25, -0.2) is 19.9 Å². The smallest absolute Gasteiger partial charge is 0.164 e. The van der Waals surface area contributed by atoms with Crippen molar-refractivity contribution in [1.82, 2.24) is 29.5 Å². The number of hydrogen-bond acceptors (Lipinski definition) is 5. The Morgan fingerprint density at radius 1 is 0.391 bits per heavy atom. The Kier molecular flexibility index (Phi) is 8.73. The van der Waals surface area contributed by atoms with E-state index in [9.17, 15) is 0 Å². The molecule has 6 heteroatoms. The number of fused-ring (bicyclic) bond motifs is 5. The number of pyridine rings is 1. The molecule has 0 spiro atoms. The summed E-state index contributed by atoms with van der Waals surface area (Å²) >= 11 is 0. The van der Waals surface area contributed by atoms with Gasteiger partial charge in [0.15, 0.2) is 23.3 Å². The number of hydrogen-bond donors (Lipinski definition) is 0. The molecule has 12 rings (SSSR count).